The summed E-state index contributed by atoms with van der Waals surface area (Å²) in [6.45, 7) is 0.588. The van der Waals surface area contributed by atoms with E-state index in [4.69, 9.17) is 4.74 Å². The lowest BCUT2D eigenvalue weighted by Gasteiger charge is -2.08. The molecule has 2 N–H and O–H groups in total. The summed E-state index contributed by atoms with van der Waals surface area (Å²) in [5.74, 6) is 0.791. The van der Waals surface area contributed by atoms with Gasteiger partial charge in [0.1, 0.15) is 5.75 Å². The number of carbonyl (C=O) groups is 1. The molecule has 0 saturated carbocycles. The SMILES string of the molecule is COc1ccccc1CCNC(=O)c1cc[nH]c1. The molecule has 1 aromatic heterocycles. The Morgan fingerprint density at radius 1 is 1.33 bits per heavy atom. The fourth-order valence-electron chi connectivity index (χ4n) is 1.79. The van der Waals surface area contributed by atoms with Crippen molar-refractivity contribution in [2.75, 3.05) is 13.7 Å². The molecule has 1 amide bonds. The van der Waals surface area contributed by atoms with Gasteiger partial charge >= 0.3 is 0 Å². The Morgan fingerprint density at radius 2 is 2.17 bits per heavy atom. The van der Waals surface area contributed by atoms with E-state index < -0.39 is 0 Å². The summed E-state index contributed by atoms with van der Waals surface area (Å²) in [6.07, 6.45) is 4.16. The van der Waals surface area contributed by atoms with Crippen LogP contribution in [0.2, 0.25) is 0 Å². The van der Waals surface area contributed by atoms with E-state index in [0.29, 0.717) is 12.1 Å². The molecule has 0 aliphatic rings. The summed E-state index contributed by atoms with van der Waals surface area (Å²) in [5.41, 5.74) is 1.74. The van der Waals surface area contributed by atoms with Crippen molar-refractivity contribution in [1.82, 2.24) is 10.3 Å². The number of H-pyrrole nitrogens is 1. The molecule has 18 heavy (non-hydrogen) atoms. The lowest BCUT2D eigenvalue weighted by atomic mass is 10.1. The lowest BCUT2D eigenvalue weighted by molar-refractivity contribution is 0.0954. The minimum Gasteiger partial charge on any atom is -0.496 e. The number of aromatic amines is 1. The summed E-state index contributed by atoms with van der Waals surface area (Å²) in [7, 11) is 1.65. The van der Waals surface area contributed by atoms with Crippen LogP contribution in [-0.4, -0.2) is 24.5 Å². The van der Waals surface area contributed by atoms with Crippen molar-refractivity contribution in [2.24, 2.45) is 0 Å². The third-order valence-electron chi connectivity index (χ3n) is 2.73. The Bertz CT molecular complexity index is 506. The monoisotopic (exact) mass is 244 g/mol. The van der Waals surface area contributed by atoms with E-state index in [1.807, 2.05) is 24.3 Å². The van der Waals surface area contributed by atoms with Gasteiger partial charge in [-0.2, -0.15) is 0 Å². The molecular formula is C14H16N2O2. The molecule has 1 heterocycles. The number of rotatable bonds is 5. The number of nitrogens with one attached hydrogen (secondary N) is 2. The van der Waals surface area contributed by atoms with Gasteiger partial charge in [0, 0.05) is 18.9 Å². The molecule has 94 valence electrons. The van der Waals surface area contributed by atoms with Gasteiger partial charge in [-0.25, -0.2) is 0 Å². The fourth-order valence-corrected chi connectivity index (χ4v) is 1.79. The number of para-hydroxylation sites is 1. The van der Waals surface area contributed by atoms with Crippen molar-refractivity contribution in [1.29, 1.82) is 0 Å². The molecule has 2 aromatic rings. The number of benzene rings is 1. The molecule has 0 radical (unpaired) electrons. The summed E-state index contributed by atoms with van der Waals surface area (Å²) in [6, 6.07) is 9.57. The summed E-state index contributed by atoms with van der Waals surface area (Å²) in [5, 5.41) is 2.87. The van der Waals surface area contributed by atoms with Gasteiger partial charge in [-0.3, -0.25) is 4.79 Å². The Balaban J connectivity index is 1.87. The largest absolute Gasteiger partial charge is 0.496 e. The standard InChI is InChI=1S/C14H16N2O2/c1-18-13-5-3-2-4-11(13)7-9-16-14(17)12-6-8-15-10-12/h2-6,8,10,15H,7,9H2,1H3,(H,16,17). The molecule has 0 aliphatic carbocycles. The highest BCUT2D eigenvalue weighted by Crippen LogP contribution is 2.17. The van der Waals surface area contributed by atoms with Crippen LogP contribution in [0.15, 0.2) is 42.7 Å². The zero-order chi connectivity index (χ0) is 12.8. The van der Waals surface area contributed by atoms with Crippen LogP contribution in [0, 0.1) is 0 Å². The summed E-state index contributed by atoms with van der Waals surface area (Å²) in [4.78, 5) is 14.5. The number of hydrogen-bond donors (Lipinski definition) is 2. The van der Waals surface area contributed by atoms with Crippen LogP contribution in [0.25, 0.3) is 0 Å². The molecule has 0 aliphatic heterocycles. The maximum Gasteiger partial charge on any atom is 0.252 e. The number of carbonyl (C=O) groups excluding carboxylic acids is 1. The molecule has 2 rings (SSSR count). The van der Waals surface area contributed by atoms with Gasteiger partial charge in [0.2, 0.25) is 0 Å². The van der Waals surface area contributed by atoms with E-state index >= 15 is 0 Å². The number of ether oxygens (including phenoxy) is 1. The minimum absolute atomic E-state index is 0.0638. The highest BCUT2D eigenvalue weighted by Gasteiger charge is 2.06. The van der Waals surface area contributed by atoms with Gasteiger partial charge in [-0.15, -0.1) is 0 Å². The van der Waals surface area contributed by atoms with Crippen molar-refractivity contribution < 1.29 is 9.53 Å². The quantitative estimate of drug-likeness (QED) is 0.845. The first-order valence-electron chi connectivity index (χ1n) is 5.84. The molecule has 0 unspecified atom stereocenters. The molecule has 0 spiro atoms. The normalized spacial score (nSPS) is 10.1. The second kappa shape index (κ2) is 5.91. The molecular weight excluding hydrogens is 228 g/mol. The number of hydrogen-bond acceptors (Lipinski definition) is 2. The molecule has 0 saturated heterocycles. The zero-order valence-corrected chi connectivity index (χ0v) is 10.3. The topological polar surface area (TPSA) is 54.1 Å². The fraction of sp³-hybridized carbons (Fsp3) is 0.214. The first-order valence-corrected chi connectivity index (χ1v) is 5.84. The Morgan fingerprint density at radius 3 is 2.89 bits per heavy atom. The van der Waals surface area contributed by atoms with E-state index in [1.54, 1.807) is 25.6 Å². The van der Waals surface area contributed by atoms with Crippen LogP contribution < -0.4 is 10.1 Å². The van der Waals surface area contributed by atoms with E-state index in [1.165, 1.54) is 0 Å². The van der Waals surface area contributed by atoms with Crippen LogP contribution in [0.3, 0.4) is 0 Å². The maximum absolute atomic E-state index is 11.7. The number of amides is 1. The maximum atomic E-state index is 11.7. The number of methoxy groups -OCH3 is 1. The molecule has 0 fully saturated rings. The third kappa shape index (κ3) is 2.91. The van der Waals surface area contributed by atoms with Crippen LogP contribution in [0.5, 0.6) is 5.75 Å². The van der Waals surface area contributed by atoms with Gasteiger partial charge in [0.25, 0.3) is 5.91 Å². The molecule has 4 nitrogen and oxygen atoms in total. The minimum atomic E-state index is -0.0638. The molecule has 0 atom stereocenters. The Kier molecular flexibility index (Phi) is 4.02. The van der Waals surface area contributed by atoms with Crippen molar-refractivity contribution in [3.05, 3.63) is 53.9 Å². The van der Waals surface area contributed by atoms with Crippen molar-refractivity contribution in [2.45, 2.75) is 6.42 Å². The average Bonchev–Trinajstić information content (AvgIpc) is 2.93. The average molecular weight is 244 g/mol. The van der Waals surface area contributed by atoms with Crippen LogP contribution >= 0.6 is 0 Å². The molecule has 1 aromatic carbocycles. The first kappa shape index (κ1) is 12.2. The first-order chi connectivity index (χ1) is 8.81. The second-order valence-corrected chi connectivity index (χ2v) is 3.92. The van der Waals surface area contributed by atoms with Crippen LogP contribution in [0.1, 0.15) is 15.9 Å². The predicted octanol–water partition coefficient (Wildman–Crippen LogP) is 2.00. The highest BCUT2D eigenvalue weighted by atomic mass is 16.5. The van der Waals surface area contributed by atoms with Gasteiger partial charge < -0.3 is 15.0 Å². The van der Waals surface area contributed by atoms with Crippen LogP contribution in [-0.2, 0) is 6.42 Å². The Hall–Kier alpha value is -2.23. The van der Waals surface area contributed by atoms with Gasteiger partial charge in [-0.1, -0.05) is 18.2 Å². The molecule has 0 bridgehead atoms. The van der Waals surface area contributed by atoms with Crippen molar-refractivity contribution in [3.8, 4) is 5.75 Å². The lowest BCUT2D eigenvalue weighted by Crippen LogP contribution is -2.25. The number of aromatic nitrogens is 1. The predicted molar refractivity (Wildman–Crippen MR) is 69.8 cm³/mol. The van der Waals surface area contributed by atoms with Crippen molar-refractivity contribution >= 4 is 5.91 Å². The zero-order valence-electron chi connectivity index (χ0n) is 10.3. The smallest absolute Gasteiger partial charge is 0.252 e. The third-order valence-corrected chi connectivity index (χ3v) is 2.73. The van der Waals surface area contributed by atoms with E-state index in [0.717, 1.165) is 17.7 Å². The van der Waals surface area contributed by atoms with E-state index in [9.17, 15) is 4.79 Å². The van der Waals surface area contributed by atoms with Gasteiger partial charge in [-0.05, 0) is 24.1 Å². The van der Waals surface area contributed by atoms with Gasteiger partial charge in [0.15, 0.2) is 0 Å². The Labute approximate surface area is 106 Å². The second-order valence-electron chi connectivity index (χ2n) is 3.92. The van der Waals surface area contributed by atoms with Crippen molar-refractivity contribution in [3.63, 3.8) is 0 Å². The van der Waals surface area contributed by atoms with Gasteiger partial charge in [0.05, 0.1) is 12.7 Å². The van der Waals surface area contributed by atoms with Crippen LogP contribution in [0.4, 0.5) is 0 Å². The van der Waals surface area contributed by atoms with E-state index in [2.05, 4.69) is 10.3 Å². The molecule has 4 heteroatoms. The van der Waals surface area contributed by atoms with E-state index in [-0.39, 0.29) is 5.91 Å². The summed E-state index contributed by atoms with van der Waals surface area (Å²) < 4.78 is 5.26. The highest BCUT2D eigenvalue weighted by molar-refractivity contribution is 5.93. The summed E-state index contributed by atoms with van der Waals surface area (Å²) >= 11 is 0.